The number of carbonyl (C=O) groups is 1. The summed E-state index contributed by atoms with van der Waals surface area (Å²) in [5.74, 6) is -0.0304. The maximum absolute atomic E-state index is 12.9. The molecule has 2 aliphatic rings. The van der Waals surface area contributed by atoms with Crippen molar-refractivity contribution in [2.75, 3.05) is 13.1 Å². The van der Waals surface area contributed by atoms with E-state index in [9.17, 15) is 9.59 Å². The zero-order valence-corrected chi connectivity index (χ0v) is 13.6. The molecule has 0 aliphatic carbocycles. The van der Waals surface area contributed by atoms with Crippen molar-refractivity contribution in [2.45, 2.75) is 45.3 Å². The summed E-state index contributed by atoms with van der Waals surface area (Å²) in [5.41, 5.74) is 1.33. The van der Waals surface area contributed by atoms with Gasteiger partial charge in [0.2, 0.25) is 0 Å². The van der Waals surface area contributed by atoms with Gasteiger partial charge in [-0.25, -0.2) is 9.50 Å². The summed E-state index contributed by atoms with van der Waals surface area (Å²) in [6.45, 7) is 7.86. The minimum atomic E-state index is -0.194. The molecule has 2 atom stereocenters. The Hall–Kier alpha value is -2.15. The fraction of sp³-hybridized carbons (Fsp3) is 0.562. The third-order valence-electron chi connectivity index (χ3n) is 5.06. The molecule has 2 aromatic rings. The Kier molecular flexibility index (Phi) is 3.09. The van der Waals surface area contributed by atoms with Gasteiger partial charge < -0.3 is 4.90 Å². The van der Waals surface area contributed by atoms with Crippen molar-refractivity contribution in [1.29, 1.82) is 0 Å². The van der Waals surface area contributed by atoms with E-state index < -0.39 is 0 Å². The number of carbonyl (C=O) groups excluding carboxylic acids is 1. The predicted octanol–water partition coefficient (Wildman–Crippen LogP) is 0.638. The van der Waals surface area contributed by atoms with Gasteiger partial charge in [-0.1, -0.05) is 0 Å². The lowest BCUT2D eigenvalue weighted by Gasteiger charge is -2.36. The summed E-state index contributed by atoms with van der Waals surface area (Å²) in [4.78, 5) is 33.7. The molecule has 4 heterocycles. The number of nitrogens with zero attached hydrogens (tertiary/aromatic N) is 4. The van der Waals surface area contributed by atoms with Crippen LogP contribution in [-0.2, 0) is 0 Å². The van der Waals surface area contributed by atoms with E-state index >= 15 is 0 Å². The molecule has 0 radical (unpaired) electrons. The lowest BCUT2D eigenvalue weighted by Crippen LogP contribution is -2.50. The second-order valence-electron chi connectivity index (χ2n) is 6.87. The van der Waals surface area contributed by atoms with Crippen LogP contribution in [0.4, 0.5) is 0 Å². The zero-order valence-electron chi connectivity index (χ0n) is 13.6. The highest BCUT2D eigenvalue weighted by molar-refractivity contribution is 6.00. The zero-order chi connectivity index (χ0) is 16.3. The number of rotatable bonds is 2. The average Bonchev–Trinajstić information content (AvgIpc) is 3.18. The third kappa shape index (κ3) is 2.10. The lowest BCUT2D eigenvalue weighted by molar-refractivity contribution is 0.0585. The molecule has 122 valence electrons. The third-order valence-corrected chi connectivity index (χ3v) is 5.06. The van der Waals surface area contributed by atoms with Crippen LogP contribution in [0.1, 0.15) is 36.3 Å². The van der Waals surface area contributed by atoms with Crippen LogP contribution >= 0.6 is 0 Å². The van der Waals surface area contributed by atoms with E-state index in [1.165, 1.54) is 10.6 Å². The fourth-order valence-corrected chi connectivity index (χ4v) is 3.99. The van der Waals surface area contributed by atoms with E-state index in [0.29, 0.717) is 29.0 Å². The van der Waals surface area contributed by atoms with Crippen molar-refractivity contribution in [2.24, 2.45) is 0 Å². The van der Waals surface area contributed by atoms with Crippen LogP contribution in [0, 0.1) is 6.92 Å². The van der Waals surface area contributed by atoms with E-state index in [2.05, 4.69) is 28.8 Å². The molecule has 0 spiro atoms. The van der Waals surface area contributed by atoms with E-state index in [-0.39, 0.29) is 17.5 Å². The minimum Gasteiger partial charge on any atom is -0.333 e. The molecule has 1 N–H and O–H groups in total. The van der Waals surface area contributed by atoms with E-state index in [1.807, 2.05) is 4.90 Å². The van der Waals surface area contributed by atoms with Crippen LogP contribution in [0.15, 0.2) is 17.1 Å². The number of fused-ring (bicyclic) bond motifs is 3. The van der Waals surface area contributed by atoms with Crippen molar-refractivity contribution in [3.63, 3.8) is 0 Å². The van der Waals surface area contributed by atoms with E-state index in [4.69, 9.17) is 0 Å². The molecule has 7 nitrogen and oxygen atoms in total. The highest BCUT2D eigenvalue weighted by Gasteiger charge is 2.46. The first kappa shape index (κ1) is 14.4. The molecule has 2 saturated heterocycles. The number of hydrogen-bond acceptors (Lipinski definition) is 4. The quantitative estimate of drug-likeness (QED) is 0.882. The van der Waals surface area contributed by atoms with Gasteiger partial charge in [0, 0.05) is 49.2 Å². The van der Waals surface area contributed by atoms with Crippen LogP contribution < -0.4 is 5.56 Å². The van der Waals surface area contributed by atoms with Gasteiger partial charge in [-0.2, -0.15) is 0 Å². The molecule has 0 aromatic carbocycles. The molecule has 0 unspecified atom stereocenters. The number of aryl methyl sites for hydroxylation is 1. The van der Waals surface area contributed by atoms with Crippen molar-refractivity contribution in [3.05, 3.63) is 33.9 Å². The Morgan fingerprint density at radius 2 is 2.13 bits per heavy atom. The summed E-state index contributed by atoms with van der Waals surface area (Å²) in [6.07, 6.45) is 2.64. The number of amides is 1. The van der Waals surface area contributed by atoms with Crippen LogP contribution in [0.2, 0.25) is 0 Å². The topological polar surface area (TPSA) is 73.7 Å². The second-order valence-corrected chi connectivity index (χ2v) is 6.87. The Bertz CT molecular complexity index is 837. The summed E-state index contributed by atoms with van der Waals surface area (Å²) >= 11 is 0. The Labute approximate surface area is 133 Å². The van der Waals surface area contributed by atoms with E-state index in [0.717, 1.165) is 19.5 Å². The smallest absolute Gasteiger partial charge is 0.272 e. The maximum Gasteiger partial charge on any atom is 0.272 e. The molecule has 2 fully saturated rings. The monoisotopic (exact) mass is 315 g/mol. The first-order valence-electron chi connectivity index (χ1n) is 8.10. The van der Waals surface area contributed by atoms with Crippen molar-refractivity contribution in [1.82, 2.24) is 24.4 Å². The molecule has 0 saturated carbocycles. The normalized spacial score (nSPS) is 24.3. The van der Waals surface area contributed by atoms with Gasteiger partial charge in [-0.15, -0.1) is 0 Å². The van der Waals surface area contributed by atoms with Gasteiger partial charge in [-0.3, -0.25) is 19.6 Å². The van der Waals surface area contributed by atoms with Crippen molar-refractivity contribution < 1.29 is 4.79 Å². The largest absolute Gasteiger partial charge is 0.333 e. The molecule has 1 amide bonds. The van der Waals surface area contributed by atoms with E-state index in [1.54, 1.807) is 13.1 Å². The average molecular weight is 315 g/mol. The molecule has 4 rings (SSSR count). The summed E-state index contributed by atoms with van der Waals surface area (Å²) in [5, 5.41) is 2.84. The SMILES string of the molecule is Cc1cc(=O)n2[nH]cc(C(=O)N3C[C@@H]4C[C@H]3CN4C(C)C)c2n1. The summed E-state index contributed by atoms with van der Waals surface area (Å²) in [7, 11) is 0. The van der Waals surface area contributed by atoms with Gasteiger partial charge in [0.1, 0.15) is 5.56 Å². The van der Waals surface area contributed by atoms with Gasteiger partial charge in [-0.05, 0) is 27.2 Å². The van der Waals surface area contributed by atoms with Gasteiger partial charge in [0.05, 0.1) is 0 Å². The first-order chi connectivity index (χ1) is 11.0. The number of aromatic amines is 1. The second kappa shape index (κ2) is 4.92. The molecule has 23 heavy (non-hydrogen) atoms. The molecule has 2 aliphatic heterocycles. The molecular formula is C16H21N5O2. The van der Waals surface area contributed by atoms with Gasteiger partial charge >= 0.3 is 0 Å². The number of likely N-dealkylation sites (tertiary alicyclic amines) is 2. The number of piperazine rings is 1. The molecule has 7 heteroatoms. The van der Waals surface area contributed by atoms with Crippen LogP contribution in [-0.4, -0.2) is 61.5 Å². The van der Waals surface area contributed by atoms with Gasteiger partial charge in [0.25, 0.3) is 11.5 Å². The summed E-state index contributed by atoms with van der Waals surface area (Å²) < 4.78 is 1.33. The predicted molar refractivity (Wildman–Crippen MR) is 85.6 cm³/mol. The Balaban J connectivity index is 1.66. The van der Waals surface area contributed by atoms with Gasteiger partial charge in [0.15, 0.2) is 5.65 Å². The summed E-state index contributed by atoms with van der Waals surface area (Å²) in [6, 6.07) is 2.68. The van der Waals surface area contributed by atoms with Crippen LogP contribution in [0.5, 0.6) is 0 Å². The number of nitrogens with one attached hydrogen (secondary N) is 1. The number of aromatic nitrogens is 3. The molecule has 2 bridgehead atoms. The molecule has 2 aromatic heterocycles. The highest BCUT2D eigenvalue weighted by atomic mass is 16.2. The number of H-pyrrole nitrogens is 1. The van der Waals surface area contributed by atoms with Crippen LogP contribution in [0.25, 0.3) is 5.65 Å². The van der Waals surface area contributed by atoms with Crippen molar-refractivity contribution in [3.8, 4) is 0 Å². The lowest BCUT2D eigenvalue weighted by atomic mass is 10.2. The maximum atomic E-state index is 12.9. The molecular weight excluding hydrogens is 294 g/mol. The standard InChI is InChI=1S/C16H21N5O2/c1-9(2)19-7-12-5-11(19)8-20(12)16(23)13-6-17-21-14(22)4-10(3)18-15(13)21/h4,6,9,11-12,17H,5,7-8H2,1-3H3/t11-,12-/m0/s1. The number of hydrogen-bond donors (Lipinski definition) is 1. The van der Waals surface area contributed by atoms with Crippen LogP contribution in [0.3, 0.4) is 0 Å². The fourth-order valence-electron chi connectivity index (χ4n) is 3.99. The minimum absolute atomic E-state index is 0.0304. The Morgan fingerprint density at radius 1 is 1.35 bits per heavy atom. The first-order valence-corrected chi connectivity index (χ1v) is 8.10. The highest BCUT2D eigenvalue weighted by Crippen LogP contribution is 2.33. The van der Waals surface area contributed by atoms with Crippen molar-refractivity contribution >= 4 is 11.6 Å². The Morgan fingerprint density at radius 3 is 2.78 bits per heavy atom.